The molecule has 0 heterocycles. The van der Waals surface area contributed by atoms with E-state index in [1.807, 2.05) is 0 Å². The largest absolute Gasteiger partial charge is 0.0769 e. The van der Waals surface area contributed by atoms with E-state index in [0.717, 1.165) is 6.42 Å². The van der Waals surface area contributed by atoms with Crippen molar-refractivity contribution in [3.63, 3.8) is 0 Å². The van der Waals surface area contributed by atoms with E-state index >= 15 is 0 Å². The third kappa shape index (κ3) is 2.84. The first-order valence-electron chi connectivity index (χ1n) is 5.11. The fourth-order valence-corrected chi connectivity index (χ4v) is 1.60. The fourth-order valence-electron chi connectivity index (χ4n) is 1.60. The maximum absolute atomic E-state index is 3.41. The van der Waals surface area contributed by atoms with Crippen molar-refractivity contribution in [2.75, 3.05) is 0 Å². The Bertz CT molecular complexity index is 184. The van der Waals surface area contributed by atoms with Crippen LogP contribution in [0, 0.1) is 6.08 Å². The topological polar surface area (TPSA) is 0 Å². The lowest BCUT2D eigenvalue weighted by atomic mass is 10.0. The predicted molar refractivity (Wildman–Crippen MR) is 53.9 cm³/mol. The Morgan fingerprint density at radius 3 is 2.75 bits per heavy atom. The summed E-state index contributed by atoms with van der Waals surface area (Å²) in [5, 5.41) is 0. The van der Waals surface area contributed by atoms with Gasteiger partial charge in [-0.1, -0.05) is 37.8 Å². The van der Waals surface area contributed by atoms with E-state index < -0.39 is 0 Å². The summed E-state index contributed by atoms with van der Waals surface area (Å²) in [5.74, 6) is 0. The van der Waals surface area contributed by atoms with Crippen molar-refractivity contribution in [3.05, 3.63) is 23.3 Å². The molecule has 0 aromatic carbocycles. The van der Waals surface area contributed by atoms with Gasteiger partial charge in [-0.3, -0.25) is 0 Å². The molecule has 0 amide bonds. The summed E-state index contributed by atoms with van der Waals surface area (Å²) in [6.45, 7) is 4.46. The van der Waals surface area contributed by atoms with Crippen LogP contribution in [-0.4, -0.2) is 0 Å². The monoisotopic (exact) mass is 163 g/mol. The van der Waals surface area contributed by atoms with Crippen molar-refractivity contribution in [3.8, 4) is 0 Å². The standard InChI is InChI=1S/C12H19/c1-3-4-5-6-9-12-10-7-8-11(12)2/h8H,3-7,9H2,1-2H3. The molecular formula is C12H19. The van der Waals surface area contributed by atoms with E-state index in [0.29, 0.717) is 0 Å². The summed E-state index contributed by atoms with van der Waals surface area (Å²) in [6, 6.07) is 0. The lowest BCUT2D eigenvalue weighted by molar-refractivity contribution is 0.666. The SMILES string of the molecule is CCCCCCC1=[C]CC=C1C. The summed E-state index contributed by atoms with van der Waals surface area (Å²) in [6.07, 6.45) is 13.4. The maximum atomic E-state index is 3.41. The summed E-state index contributed by atoms with van der Waals surface area (Å²) >= 11 is 0. The molecule has 0 atom stereocenters. The number of hydrogen-bond donors (Lipinski definition) is 0. The van der Waals surface area contributed by atoms with E-state index in [1.54, 1.807) is 0 Å². The third-order valence-electron chi connectivity index (χ3n) is 2.48. The molecule has 0 saturated carbocycles. The van der Waals surface area contributed by atoms with Crippen LogP contribution in [0.1, 0.15) is 52.4 Å². The molecule has 0 unspecified atom stereocenters. The van der Waals surface area contributed by atoms with Crippen molar-refractivity contribution < 1.29 is 0 Å². The van der Waals surface area contributed by atoms with Crippen LogP contribution in [0.3, 0.4) is 0 Å². The number of hydrogen-bond acceptors (Lipinski definition) is 0. The van der Waals surface area contributed by atoms with Gasteiger partial charge >= 0.3 is 0 Å². The molecule has 67 valence electrons. The molecular weight excluding hydrogens is 144 g/mol. The van der Waals surface area contributed by atoms with Crippen LogP contribution in [0.5, 0.6) is 0 Å². The molecule has 1 aliphatic rings. The molecule has 0 aromatic heterocycles. The van der Waals surface area contributed by atoms with Crippen LogP contribution < -0.4 is 0 Å². The summed E-state index contributed by atoms with van der Waals surface area (Å²) < 4.78 is 0. The average molecular weight is 163 g/mol. The molecule has 0 heteroatoms. The van der Waals surface area contributed by atoms with Crippen LogP contribution in [0.2, 0.25) is 0 Å². The molecule has 1 aliphatic carbocycles. The molecule has 0 saturated heterocycles. The number of allylic oxidation sites excluding steroid dienone is 4. The summed E-state index contributed by atoms with van der Waals surface area (Å²) in [4.78, 5) is 0. The highest BCUT2D eigenvalue weighted by Gasteiger charge is 2.04. The van der Waals surface area contributed by atoms with Crippen LogP contribution in [0.4, 0.5) is 0 Å². The van der Waals surface area contributed by atoms with Gasteiger partial charge in [0.15, 0.2) is 0 Å². The zero-order valence-electron chi connectivity index (χ0n) is 8.32. The highest BCUT2D eigenvalue weighted by atomic mass is 14.1. The smallest absolute Gasteiger partial charge is 0.00858 e. The Labute approximate surface area is 76.4 Å². The molecule has 1 rings (SSSR count). The molecule has 1 radical (unpaired) electrons. The fraction of sp³-hybridized carbons (Fsp3) is 0.667. The van der Waals surface area contributed by atoms with Gasteiger partial charge in [-0.2, -0.15) is 0 Å². The van der Waals surface area contributed by atoms with Gasteiger partial charge in [-0.25, -0.2) is 0 Å². The van der Waals surface area contributed by atoms with Gasteiger partial charge in [0, 0.05) is 0 Å². The summed E-state index contributed by atoms with van der Waals surface area (Å²) in [5.41, 5.74) is 2.94. The minimum atomic E-state index is 1.05. The zero-order valence-corrected chi connectivity index (χ0v) is 8.32. The van der Waals surface area contributed by atoms with Crippen molar-refractivity contribution >= 4 is 0 Å². The van der Waals surface area contributed by atoms with Gasteiger partial charge in [-0.15, -0.1) is 0 Å². The minimum absolute atomic E-state index is 1.05. The van der Waals surface area contributed by atoms with E-state index in [9.17, 15) is 0 Å². The predicted octanol–water partition coefficient (Wildman–Crippen LogP) is 4.04. The van der Waals surface area contributed by atoms with Crippen molar-refractivity contribution in [2.45, 2.75) is 52.4 Å². The average Bonchev–Trinajstić information content (AvgIpc) is 2.46. The Morgan fingerprint density at radius 1 is 1.33 bits per heavy atom. The molecule has 0 nitrogen and oxygen atoms in total. The van der Waals surface area contributed by atoms with Crippen LogP contribution in [-0.2, 0) is 0 Å². The number of unbranched alkanes of at least 4 members (excludes halogenated alkanes) is 3. The highest BCUT2D eigenvalue weighted by Crippen LogP contribution is 2.22. The molecule has 0 aliphatic heterocycles. The Hall–Kier alpha value is -0.520. The third-order valence-corrected chi connectivity index (χ3v) is 2.48. The Morgan fingerprint density at radius 2 is 2.17 bits per heavy atom. The van der Waals surface area contributed by atoms with Gasteiger partial charge in [0.2, 0.25) is 0 Å². The van der Waals surface area contributed by atoms with E-state index in [2.05, 4.69) is 26.0 Å². The zero-order chi connectivity index (χ0) is 8.81. The first-order valence-corrected chi connectivity index (χ1v) is 5.11. The van der Waals surface area contributed by atoms with Gasteiger partial charge in [0.1, 0.15) is 0 Å². The van der Waals surface area contributed by atoms with Crippen LogP contribution in [0.25, 0.3) is 0 Å². The Balaban J connectivity index is 2.11. The second-order valence-corrected chi connectivity index (χ2v) is 3.56. The summed E-state index contributed by atoms with van der Waals surface area (Å²) in [7, 11) is 0. The van der Waals surface area contributed by atoms with Crippen LogP contribution >= 0.6 is 0 Å². The first kappa shape index (κ1) is 9.57. The van der Waals surface area contributed by atoms with Gasteiger partial charge in [0.05, 0.1) is 0 Å². The van der Waals surface area contributed by atoms with Gasteiger partial charge < -0.3 is 0 Å². The van der Waals surface area contributed by atoms with Gasteiger partial charge in [-0.05, 0) is 37.8 Å². The Kier molecular flexibility index (Phi) is 4.13. The highest BCUT2D eigenvalue weighted by molar-refractivity contribution is 5.32. The number of rotatable bonds is 5. The quantitative estimate of drug-likeness (QED) is 0.537. The van der Waals surface area contributed by atoms with Crippen molar-refractivity contribution in [2.24, 2.45) is 0 Å². The van der Waals surface area contributed by atoms with Crippen LogP contribution in [0.15, 0.2) is 17.2 Å². The lowest BCUT2D eigenvalue weighted by Gasteiger charge is -2.02. The van der Waals surface area contributed by atoms with E-state index in [-0.39, 0.29) is 0 Å². The van der Waals surface area contributed by atoms with Crippen molar-refractivity contribution in [1.29, 1.82) is 0 Å². The van der Waals surface area contributed by atoms with Gasteiger partial charge in [0.25, 0.3) is 0 Å². The molecule has 0 spiro atoms. The maximum Gasteiger partial charge on any atom is -0.00858 e. The molecule has 0 N–H and O–H groups in total. The van der Waals surface area contributed by atoms with Crippen molar-refractivity contribution in [1.82, 2.24) is 0 Å². The van der Waals surface area contributed by atoms with E-state index in [1.165, 1.54) is 43.3 Å². The first-order chi connectivity index (χ1) is 5.84. The molecule has 0 fully saturated rings. The lowest BCUT2D eigenvalue weighted by Crippen LogP contribution is -1.83. The minimum Gasteiger partial charge on any atom is -0.0769 e. The second kappa shape index (κ2) is 5.18. The van der Waals surface area contributed by atoms with E-state index in [4.69, 9.17) is 0 Å². The molecule has 0 bridgehead atoms. The molecule has 12 heavy (non-hydrogen) atoms. The second-order valence-electron chi connectivity index (χ2n) is 3.56. The molecule has 0 aromatic rings. The normalized spacial score (nSPS) is 16.2.